The number of urea groups is 1. The molecule has 0 fully saturated rings. The number of hydrogen-bond acceptors (Lipinski definition) is 3. The van der Waals surface area contributed by atoms with Gasteiger partial charge in [-0.25, -0.2) is 4.79 Å². The number of aliphatic hydroxyl groups is 1. The van der Waals surface area contributed by atoms with E-state index in [1.807, 2.05) is 46.2 Å². The number of nitrogens with zero attached hydrogens (tertiary/aromatic N) is 2. The molecule has 2 amide bonds. The molecule has 2 atom stereocenters. The molecular weight excluding hydrogens is 304 g/mol. The zero-order valence-corrected chi connectivity index (χ0v) is 16.2. The highest BCUT2D eigenvalue weighted by Gasteiger charge is 2.30. The molecule has 0 aromatic carbocycles. The standard InChI is InChI=1S/C18H34N4O2/c1-12(2)16(23)18(6,7)11-20-17(24)19-9-13(3)10-22-15(5)8-14(4)21-22/h8,12-13,16,23H,9-11H2,1-7H3,(H2,19,20,24). The second-order valence-corrected chi connectivity index (χ2v) is 7.96. The zero-order chi connectivity index (χ0) is 18.5. The molecule has 6 heteroatoms. The van der Waals surface area contributed by atoms with Crippen molar-refractivity contribution in [1.82, 2.24) is 20.4 Å². The Morgan fingerprint density at radius 2 is 1.92 bits per heavy atom. The number of rotatable bonds is 8. The highest BCUT2D eigenvalue weighted by Crippen LogP contribution is 2.24. The Bertz CT molecular complexity index is 537. The maximum absolute atomic E-state index is 12.0. The summed E-state index contributed by atoms with van der Waals surface area (Å²) in [5.74, 6) is 0.439. The number of aryl methyl sites for hydroxylation is 2. The van der Waals surface area contributed by atoms with Crippen molar-refractivity contribution in [2.75, 3.05) is 13.1 Å². The summed E-state index contributed by atoms with van der Waals surface area (Å²) in [5, 5.41) is 20.4. The van der Waals surface area contributed by atoms with Crippen molar-refractivity contribution in [2.24, 2.45) is 17.3 Å². The molecule has 0 saturated heterocycles. The van der Waals surface area contributed by atoms with Crippen LogP contribution in [0.3, 0.4) is 0 Å². The van der Waals surface area contributed by atoms with Crippen molar-refractivity contribution >= 4 is 6.03 Å². The van der Waals surface area contributed by atoms with E-state index in [2.05, 4.69) is 28.7 Å². The van der Waals surface area contributed by atoms with Gasteiger partial charge in [0, 0.05) is 30.7 Å². The van der Waals surface area contributed by atoms with Gasteiger partial charge < -0.3 is 15.7 Å². The highest BCUT2D eigenvalue weighted by atomic mass is 16.3. The fraction of sp³-hybridized carbons (Fsp3) is 0.778. The number of carbonyl (C=O) groups is 1. The third-order valence-electron chi connectivity index (χ3n) is 4.34. The van der Waals surface area contributed by atoms with Gasteiger partial charge in [-0.2, -0.15) is 5.10 Å². The van der Waals surface area contributed by atoms with Crippen LogP contribution in [0.1, 0.15) is 46.0 Å². The van der Waals surface area contributed by atoms with Crippen LogP contribution in [0.5, 0.6) is 0 Å². The third-order valence-corrected chi connectivity index (χ3v) is 4.34. The van der Waals surface area contributed by atoms with Crippen molar-refractivity contribution in [3.05, 3.63) is 17.5 Å². The number of amides is 2. The van der Waals surface area contributed by atoms with Gasteiger partial charge >= 0.3 is 6.03 Å². The molecule has 1 rings (SSSR count). The van der Waals surface area contributed by atoms with E-state index < -0.39 is 6.10 Å². The number of carbonyl (C=O) groups excluding carboxylic acids is 1. The average molecular weight is 338 g/mol. The van der Waals surface area contributed by atoms with Gasteiger partial charge in [0.05, 0.1) is 11.8 Å². The molecule has 0 aliphatic heterocycles. The van der Waals surface area contributed by atoms with E-state index >= 15 is 0 Å². The summed E-state index contributed by atoms with van der Waals surface area (Å²) < 4.78 is 1.97. The molecule has 0 radical (unpaired) electrons. The molecule has 3 N–H and O–H groups in total. The lowest BCUT2D eigenvalue weighted by molar-refractivity contribution is 0.0151. The van der Waals surface area contributed by atoms with Gasteiger partial charge in [0.2, 0.25) is 0 Å². The number of aromatic nitrogens is 2. The first kappa shape index (κ1) is 20.5. The number of aliphatic hydroxyl groups excluding tert-OH is 1. The summed E-state index contributed by atoms with van der Waals surface area (Å²) in [4.78, 5) is 12.0. The van der Waals surface area contributed by atoms with E-state index in [0.717, 1.165) is 17.9 Å². The van der Waals surface area contributed by atoms with E-state index in [1.165, 1.54) is 0 Å². The minimum Gasteiger partial charge on any atom is -0.392 e. The Labute approximate surface area is 146 Å². The summed E-state index contributed by atoms with van der Waals surface area (Å²) in [7, 11) is 0. The van der Waals surface area contributed by atoms with E-state index in [0.29, 0.717) is 13.1 Å². The van der Waals surface area contributed by atoms with Gasteiger partial charge in [0.25, 0.3) is 0 Å². The van der Waals surface area contributed by atoms with Crippen LogP contribution < -0.4 is 10.6 Å². The molecule has 2 unspecified atom stereocenters. The second-order valence-electron chi connectivity index (χ2n) is 7.96. The molecule has 0 saturated carbocycles. The summed E-state index contributed by atoms with van der Waals surface area (Å²) >= 11 is 0. The van der Waals surface area contributed by atoms with Crippen LogP contribution in [0.15, 0.2) is 6.07 Å². The van der Waals surface area contributed by atoms with Crippen LogP contribution in [0.4, 0.5) is 4.79 Å². The quantitative estimate of drug-likeness (QED) is 0.681. The zero-order valence-electron chi connectivity index (χ0n) is 16.2. The summed E-state index contributed by atoms with van der Waals surface area (Å²) in [6, 6.07) is 1.86. The Hall–Kier alpha value is -1.56. The maximum Gasteiger partial charge on any atom is 0.314 e. The van der Waals surface area contributed by atoms with Gasteiger partial charge in [-0.3, -0.25) is 4.68 Å². The van der Waals surface area contributed by atoms with E-state index in [1.54, 1.807) is 0 Å². The van der Waals surface area contributed by atoms with Crippen molar-refractivity contribution in [3.8, 4) is 0 Å². The predicted octanol–water partition coefficient (Wildman–Crippen LogP) is 2.48. The smallest absolute Gasteiger partial charge is 0.314 e. The molecule has 0 spiro atoms. The average Bonchev–Trinajstić information content (AvgIpc) is 2.79. The molecule has 1 aromatic rings. The molecule has 0 aliphatic rings. The first-order valence-electron chi connectivity index (χ1n) is 8.73. The fourth-order valence-electron chi connectivity index (χ4n) is 2.86. The minimum atomic E-state index is -0.456. The largest absolute Gasteiger partial charge is 0.392 e. The summed E-state index contributed by atoms with van der Waals surface area (Å²) in [5.41, 5.74) is 1.78. The SMILES string of the molecule is Cc1cc(C)n(CC(C)CNC(=O)NCC(C)(C)C(O)C(C)C)n1. The van der Waals surface area contributed by atoms with Crippen molar-refractivity contribution in [1.29, 1.82) is 0 Å². The van der Waals surface area contributed by atoms with Crippen LogP contribution in [-0.2, 0) is 6.54 Å². The van der Waals surface area contributed by atoms with Gasteiger partial charge in [0.15, 0.2) is 0 Å². The van der Waals surface area contributed by atoms with E-state index in [9.17, 15) is 9.90 Å². The lowest BCUT2D eigenvalue weighted by atomic mass is 9.81. The van der Waals surface area contributed by atoms with E-state index in [4.69, 9.17) is 0 Å². The normalized spacial score (nSPS) is 14.5. The van der Waals surface area contributed by atoms with Crippen LogP contribution in [0.25, 0.3) is 0 Å². The van der Waals surface area contributed by atoms with Crippen LogP contribution >= 0.6 is 0 Å². The Kier molecular flexibility index (Phi) is 7.27. The molecule has 24 heavy (non-hydrogen) atoms. The van der Waals surface area contributed by atoms with Gasteiger partial charge in [0.1, 0.15) is 0 Å². The Balaban J connectivity index is 2.36. The lowest BCUT2D eigenvalue weighted by Crippen LogP contribution is -2.47. The summed E-state index contributed by atoms with van der Waals surface area (Å²) in [6.07, 6.45) is -0.456. The first-order chi connectivity index (χ1) is 11.0. The predicted molar refractivity (Wildman–Crippen MR) is 96.9 cm³/mol. The van der Waals surface area contributed by atoms with Crippen molar-refractivity contribution in [2.45, 2.75) is 61.1 Å². The first-order valence-corrected chi connectivity index (χ1v) is 8.73. The Morgan fingerprint density at radius 1 is 1.29 bits per heavy atom. The molecule has 1 heterocycles. The fourth-order valence-corrected chi connectivity index (χ4v) is 2.86. The minimum absolute atomic E-state index is 0.158. The third kappa shape index (κ3) is 6.15. The maximum atomic E-state index is 12.0. The monoisotopic (exact) mass is 338 g/mol. The molecular formula is C18H34N4O2. The topological polar surface area (TPSA) is 79.2 Å². The number of hydrogen-bond donors (Lipinski definition) is 3. The van der Waals surface area contributed by atoms with Gasteiger partial charge in [-0.15, -0.1) is 0 Å². The van der Waals surface area contributed by atoms with Crippen LogP contribution in [0.2, 0.25) is 0 Å². The summed E-state index contributed by atoms with van der Waals surface area (Å²) in [6.45, 7) is 15.8. The lowest BCUT2D eigenvalue weighted by Gasteiger charge is -2.33. The van der Waals surface area contributed by atoms with Crippen molar-refractivity contribution in [3.63, 3.8) is 0 Å². The molecule has 1 aromatic heterocycles. The molecule has 0 bridgehead atoms. The van der Waals surface area contributed by atoms with Crippen LogP contribution in [-0.4, -0.2) is 40.1 Å². The number of nitrogens with one attached hydrogen (secondary N) is 2. The molecule has 6 nitrogen and oxygen atoms in total. The van der Waals surface area contributed by atoms with Crippen molar-refractivity contribution < 1.29 is 9.90 Å². The van der Waals surface area contributed by atoms with Gasteiger partial charge in [-0.05, 0) is 31.7 Å². The molecule has 138 valence electrons. The molecule has 0 aliphatic carbocycles. The highest BCUT2D eigenvalue weighted by molar-refractivity contribution is 5.73. The Morgan fingerprint density at radius 3 is 2.42 bits per heavy atom. The second kappa shape index (κ2) is 8.51. The van der Waals surface area contributed by atoms with Crippen LogP contribution in [0, 0.1) is 31.1 Å². The van der Waals surface area contributed by atoms with E-state index in [-0.39, 0.29) is 23.3 Å². The van der Waals surface area contributed by atoms with Gasteiger partial charge in [-0.1, -0.05) is 34.6 Å².